The summed E-state index contributed by atoms with van der Waals surface area (Å²) >= 11 is 2.23. The molecule has 1 aromatic heterocycles. The molecule has 5 rings (SSSR count). The smallest absolute Gasteiger partial charge is 0.352 e. The second-order valence-corrected chi connectivity index (χ2v) is 9.64. The van der Waals surface area contributed by atoms with Crippen molar-refractivity contribution >= 4 is 51.9 Å². The summed E-state index contributed by atoms with van der Waals surface area (Å²) in [4.78, 5) is 49.7. The summed E-state index contributed by atoms with van der Waals surface area (Å²) < 4.78 is 3.95. The zero-order valence-electron chi connectivity index (χ0n) is 18.6. The molecule has 4 aliphatic rings. The Hall–Kier alpha value is -4.25. The van der Waals surface area contributed by atoms with E-state index in [4.69, 9.17) is 16.3 Å². The van der Waals surface area contributed by atoms with Crippen LogP contribution in [0.1, 0.15) is 5.82 Å². The number of aliphatic carboxylic acids is 1. The molecule has 0 unspecified atom stereocenters. The predicted molar refractivity (Wildman–Crippen MR) is 129 cm³/mol. The van der Waals surface area contributed by atoms with Crippen molar-refractivity contribution in [3.8, 4) is 0 Å². The zero-order valence-corrected chi connectivity index (χ0v) is 20.2. The maximum atomic E-state index is 13.0. The maximum absolute atomic E-state index is 13.0. The van der Waals surface area contributed by atoms with Crippen molar-refractivity contribution in [2.75, 3.05) is 25.1 Å². The van der Waals surface area contributed by atoms with Gasteiger partial charge in [0.05, 0.1) is 0 Å². The Kier molecular flexibility index (Phi) is 5.92. The molecule has 0 saturated carbocycles. The number of carboxylic acids is 1. The number of fused-ring (bicyclic) bond motifs is 2. The lowest BCUT2D eigenvalue weighted by atomic mass is 10.0. The zero-order chi connectivity index (χ0) is 25.6. The highest BCUT2D eigenvalue weighted by Gasteiger charge is 2.54. The van der Waals surface area contributed by atoms with Gasteiger partial charge in [0.15, 0.2) is 5.13 Å². The van der Waals surface area contributed by atoms with E-state index in [0.29, 0.717) is 17.1 Å². The normalized spacial score (nSPS) is 22.9. The number of aromatic nitrogens is 2. The lowest BCUT2D eigenvalue weighted by Gasteiger charge is -2.49. The molecule has 5 heterocycles. The van der Waals surface area contributed by atoms with Crippen LogP contribution in [0, 0.1) is 0 Å². The number of β-lactam (4-membered cyclic amide) rings is 1. The number of nitrogens with one attached hydrogen (secondary N) is 2. The third kappa shape index (κ3) is 3.97. The number of carboxylic acid groups (broad SMARTS) is 1. The average Bonchev–Trinajstić information content (AvgIpc) is 3.45. The second-order valence-electron chi connectivity index (χ2n) is 7.75. The van der Waals surface area contributed by atoms with Crippen molar-refractivity contribution in [2.24, 2.45) is 10.9 Å². The van der Waals surface area contributed by atoms with Crippen LogP contribution < -0.4 is 22.2 Å². The van der Waals surface area contributed by atoms with Gasteiger partial charge in [-0.1, -0.05) is 5.16 Å². The molecule has 17 heteroatoms. The van der Waals surface area contributed by atoms with Crippen LogP contribution in [0.2, 0.25) is 0 Å². The molecule has 0 aromatic carbocycles. The standard InChI is InChI=1S/C19H20N10O5S2/c1-34-25-11(14-23-19(21)36-26-14)15(30)22-12-16(31)29-13(18(32)33)8(7-35-17(12)29)6-27-4-5-28-10(27)3-2-9(20)24-28/h2-5,12,17,24H,6-7,20H2,1H3,(H,22,30)(H,32,33)(H2,21,23,26)/b25-11-/t12-,17+/m1/s1. The van der Waals surface area contributed by atoms with Crippen LogP contribution in [-0.4, -0.2) is 83.6 Å². The van der Waals surface area contributed by atoms with E-state index in [2.05, 4.69) is 25.3 Å². The van der Waals surface area contributed by atoms with Crippen LogP contribution in [0.25, 0.3) is 0 Å². The molecule has 4 aliphatic heterocycles. The van der Waals surface area contributed by atoms with E-state index in [1.54, 1.807) is 29.6 Å². The van der Waals surface area contributed by atoms with Gasteiger partial charge in [-0.2, -0.15) is 9.36 Å². The van der Waals surface area contributed by atoms with E-state index in [1.165, 1.54) is 23.8 Å². The number of carbonyl (C=O) groups is 3. The van der Waals surface area contributed by atoms with Gasteiger partial charge in [-0.3, -0.25) is 19.9 Å². The summed E-state index contributed by atoms with van der Waals surface area (Å²) in [5.41, 5.74) is 14.5. The average molecular weight is 533 g/mol. The van der Waals surface area contributed by atoms with Crippen LogP contribution in [0.4, 0.5) is 5.13 Å². The second kappa shape index (κ2) is 9.08. The van der Waals surface area contributed by atoms with E-state index in [1.807, 2.05) is 4.90 Å². The molecule has 0 spiro atoms. The van der Waals surface area contributed by atoms with Crippen molar-refractivity contribution in [3.63, 3.8) is 0 Å². The SMILES string of the molecule is CO/N=C(\C(=O)N[C@@H]1C(=O)N2C(C(=O)O)=C(CN3C=CN4NC(N)=CC=C34)CS[C@@H]12)c1nsc(N)n1. The Morgan fingerprint density at radius 1 is 1.36 bits per heavy atom. The Labute approximate surface area is 211 Å². The first-order chi connectivity index (χ1) is 17.3. The largest absolute Gasteiger partial charge is 0.477 e. The first-order valence-electron chi connectivity index (χ1n) is 10.4. The first kappa shape index (κ1) is 23.5. The number of rotatable bonds is 7. The minimum absolute atomic E-state index is 0.0407. The van der Waals surface area contributed by atoms with Gasteiger partial charge in [0, 0.05) is 36.2 Å². The van der Waals surface area contributed by atoms with Gasteiger partial charge >= 0.3 is 5.97 Å². The maximum Gasteiger partial charge on any atom is 0.352 e. The molecule has 0 bridgehead atoms. The number of anilines is 1. The fourth-order valence-corrected chi connectivity index (χ4v) is 5.78. The highest BCUT2D eigenvalue weighted by atomic mass is 32.2. The topological polar surface area (TPSA) is 205 Å². The molecule has 2 atom stereocenters. The van der Waals surface area contributed by atoms with E-state index in [-0.39, 0.29) is 28.9 Å². The molecule has 7 N–H and O–H groups in total. The Morgan fingerprint density at radius 2 is 2.17 bits per heavy atom. The van der Waals surface area contributed by atoms with Crippen molar-refractivity contribution in [1.29, 1.82) is 0 Å². The highest BCUT2D eigenvalue weighted by Crippen LogP contribution is 2.41. The molecule has 1 saturated heterocycles. The van der Waals surface area contributed by atoms with Gasteiger partial charge in [-0.15, -0.1) is 11.8 Å². The van der Waals surface area contributed by atoms with Crippen LogP contribution >= 0.6 is 23.3 Å². The molecular formula is C19H20N10O5S2. The number of amides is 2. The number of thioether (sulfide) groups is 1. The van der Waals surface area contributed by atoms with Crippen LogP contribution in [0.3, 0.4) is 0 Å². The summed E-state index contributed by atoms with van der Waals surface area (Å²) in [6.45, 7) is 0.248. The number of carbonyl (C=O) groups excluding carboxylic acids is 2. The van der Waals surface area contributed by atoms with Gasteiger partial charge in [-0.05, 0) is 17.7 Å². The summed E-state index contributed by atoms with van der Waals surface area (Å²) in [6, 6.07) is -0.961. The lowest BCUT2D eigenvalue weighted by Crippen LogP contribution is -2.71. The molecule has 36 heavy (non-hydrogen) atoms. The number of hydrogen-bond acceptors (Lipinski definition) is 14. The third-order valence-electron chi connectivity index (χ3n) is 5.55. The van der Waals surface area contributed by atoms with Crippen molar-refractivity contribution in [3.05, 3.63) is 53.3 Å². The van der Waals surface area contributed by atoms with E-state index < -0.39 is 29.2 Å². The highest BCUT2D eigenvalue weighted by molar-refractivity contribution is 8.00. The quantitative estimate of drug-likeness (QED) is 0.154. The Morgan fingerprint density at radius 3 is 2.86 bits per heavy atom. The third-order valence-corrected chi connectivity index (χ3v) is 7.43. The number of allylic oxidation sites excluding steroid dienone is 2. The number of nitrogen functional groups attached to an aromatic ring is 1. The minimum atomic E-state index is -1.22. The molecule has 188 valence electrons. The molecule has 1 fully saturated rings. The number of hydrogen-bond donors (Lipinski definition) is 5. The number of nitrogens with two attached hydrogens (primary N) is 2. The molecule has 15 nitrogen and oxygen atoms in total. The van der Waals surface area contributed by atoms with Crippen LogP contribution in [-0.2, 0) is 19.2 Å². The first-order valence-corrected chi connectivity index (χ1v) is 12.2. The number of oxime groups is 1. The summed E-state index contributed by atoms with van der Waals surface area (Å²) in [5.74, 6) is -0.988. The van der Waals surface area contributed by atoms with Gasteiger partial charge in [0.1, 0.15) is 35.9 Å². The van der Waals surface area contributed by atoms with Gasteiger partial charge in [0.2, 0.25) is 11.5 Å². The van der Waals surface area contributed by atoms with Crippen LogP contribution in [0.15, 0.2) is 52.6 Å². The monoisotopic (exact) mass is 532 g/mol. The Bertz CT molecular complexity index is 1300. The van der Waals surface area contributed by atoms with Gasteiger partial charge in [0.25, 0.3) is 11.8 Å². The summed E-state index contributed by atoms with van der Waals surface area (Å²) in [6.07, 6.45) is 7.05. The molecule has 0 aliphatic carbocycles. The van der Waals surface area contributed by atoms with Gasteiger partial charge < -0.3 is 31.6 Å². The summed E-state index contributed by atoms with van der Waals surface area (Å²) in [5, 5.41) is 17.4. The van der Waals surface area contributed by atoms with Crippen molar-refractivity contribution < 1.29 is 24.3 Å². The summed E-state index contributed by atoms with van der Waals surface area (Å²) in [7, 11) is 1.25. The fraction of sp³-hybridized carbons (Fsp3) is 0.263. The van der Waals surface area contributed by atoms with Crippen molar-refractivity contribution in [2.45, 2.75) is 11.4 Å². The van der Waals surface area contributed by atoms with Crippen LogP contribution in [0.5, 0.6) is 0 Å². The Balaban J connectivity index is 1.33. The lowest BCUT2D eigenvalue weighted by molar-refractivity contribution is -0.150. The molecule has 0 radical (unpaired) electrons. The molecule has 2 amide bonds. The van der Waals surface area contributed by atoms with E-state index in [9.17, 15) is 19.5 Å². The van der Waals surface area contributed by atoms with Gasteiger partial charge in [-0.25, -0.2) is 9.80 Å². The number of nitrogens with zero attached hydrogens (tertiary/aromatic N) is 6. The minimum Gasteiger partial charge on any atom is -0.477 e. The molecular weight excluding hydrogens is 512 g/mol. The predicted octanol–water partition coefficient (Wildman–Crippen LogP) is -1.54. The van der Waals surface area contributed by atoms with Crippen molar-refractivity contribution in [1.82, 2.24) is 34.9 Å². The van der Waals surface area contributed by atoms with E-state index >= 15 is 0 Å². The van der Waals surface area contributed by atoms with E-state index in [0.717, 1.165) is 17.4 Å². The fourth-order valence-electron chi connectivity index (χ4n) is 4.01. The number of hydrazine groups is 1. The molecule has 1 aromatic rings.